The predicted molar refractivity (Wildman–Crippen MR) is 104 cm³/mol. The Morgan fingerprint density at radius 3 is 1.76 bits per heavy atom. The number of carbonyl (C=O) groups is 2. The average molecular weight is 486 g/mol. The van der Waals surface area contributed by atoms with Gasteiger partial charge in [-0.2, -0.15) is 13.2 Å². The summed E-state index contributed by atoms with van der Waals surface area (Å²) in [7, 11) is 5.44. The van der Waals surface area contributed by atoms with E-state index in [4.69, 9.17) is 23.7 Å². The summed E-state index contributed by atoms with van der Waals surface area (Å²) in [5, 5.41) is 11.1. The third kappa shape index (κ3) is 5.12. The quantitative estimate of drug-likeness (QED) is 0.210. The van der Waals surface area contributed by atoms with E-state index >= 15 is 0 Å². The standard InChI is InChI=1S/C10H11F3O4.C8H12O3.C4H8O.Li/c1-16-9(17-2)5-3-4(5)6(7(9)14)8(15)10(11,12)13;1-10-8(11-2)6-3-5(6)4-7(8)9;1-2-4-5-3-1;/h4-5,15H,3H2,1-2H3;5-6H,3-4H2,1-2H3;1-4H2;/q;;;+1/p-1/b8-6-;;;/t4-,5+;5-,6-;;/m01../s1. The van der Waals surface area contributed by atoms with Crippen molar-refractivity contribution in [3.63, 3.8) is 0 Å². The van der Waals surface area contributed by atoms with Crippen molar-refractivity contribution in [2.24, 2.45) is 23.7 Å². The third-order valence-electron chi connectivity index (χ3n) is 7.00. The zero-order chi connectivity index (χ0) is 24.6. The van der Waals surface area contributed by atoms with E-state index in [9.17, 15) is 27.9 Å². The largest absolute Gasteiger partial charge is 1.00 e. The number of ketones is 2. The van der Waals surface area contributed by atoms with Crippen LogP contribution in [0.1, 0.15) is 32.1 Å². The van der Waals surface area contributed by atoms with Crippen molar-refractivity contribution in [3.05, 3.63) is 11.3 Å². The monoisotopic (exact) mass is 486 g/mol. The van der Waals surface area contributed by atoms with Crippen LogP contribution in [0.4, 0.5) is 13.2 Å². The van der Waals surface area contributed by atoms with Crippen LogP contribution >= 0.6 is 0 Å². The molecule has 0 bridgehead atoms. The van der Waals surface area contributed by atoms with Crippen LogP contribution in [0.3, 0.4) is 0 Å². The Morgan fingerprint density at radius 2 is 1.47 bits per heavy atom. The summed E-state index contributed by atoms with van der Waals surface area (Å²) in [6, 6.07) is 0. The second-order valence-electron chi connectivity index (χ2n) is 8.72. The van der Waals surface area contributed by atoms with Crippen LogP contribution in [-0.2, 0) is 33.3 Å². The van der Waals surface area contributed by atoms with Crippen LogP contribution in [0.5, 0.6) is 0 Å². The van der Waals surface area contributed by atoms with Gasteiger partial charge in [-0.3, -0.25) is 9.59 Å². The molecule has 5 fully saturated rings. The van der Waals surface area contributed by atoms with Gasteiger partial charge >= 0.3 is 25.0 Å². The number of ether oxygens (including phenoxy) is 5. The van der Waals surface area contributed by atoms with E-state index in [2.05, 4.69) is 0 Å². The molecule has 0 unspecified atom stereocenters. The minimum Gasteiger partial charge on any atom is -0.869 e. The molecule has 12 heteroatoms. The molecular weight excluding hydrogens is 456 g/mol. The van der Waals surface area contributed by atoms with Crippen molar-refractivity contribution >= 4 is 11.6 Å². The first-order chi connectivity index (χ1) is 15.5. The van der Waals surface area contributed by atoms with Crippen molar-refractivity contribution in [1.82, 2.24) is 0 Å². The van der Waals surface area contributed by atoms with Gasteiger partial charge in [-0.15, -0.1) is 0 Å². The summed E-state index contributed by atoms with van der Waals surface area (Å²) < 4.78 is 62.0. The van der Waals surface area contributed by atoms with E-state index in [0.717, 1.165) is 19.6 Å². The van der Waals surface area contributed by atoms with E-state index in [1.54, 1.807) is 14.2 Å². The van der Waals surface area contributed by atoms with Crippen LogP contribution in [0.25, 0.3) is 0 Å². The van der Waals surface area contributed by atoms with Gasteiger partial charge in [0.25, 0.3) is 0 Å². The number of fused-ring (bicyclic) bond motifs is 2. The van der Waals surface area contributed by atoms with Gasteiger partial charge < -0.3 is 28.8 Å². The second-order valence-corrected chi connectivity index (χ2v) is 8.72. The molecule has 0 aromatic rings. The van der Waals surface area contributed by atoms with Crippen LogP contribution < -0.4 is 24.0 Å². The Hall–Kier alpha value is -0.933. The van der Waals surface area contributed by atoms with Crippen molar-refractivity contribution in [1.29, 1.82) is 0 Å². The van der Waals surface area contributed by atoms with Crippen LogP contribution in [0, 0.1) is 23.7 Å². The normalized spacial score (nSPS) is 32.9. The molecule has 0 spiro atoms. The molecule has 0 aromatic carbocycles. The maximum atomic E-state index is 12.3. The number of Topliss-reactive ketones (excluding diaryl/α,β-unsaturated/α-hetero) is 2. The van der Waals surface area contributed by atoms with Crippen LogP contribution in [0.15, 0.2) is 11.3 Å². The molecule has 5 rings (SSSR count). The number of halogens is 3. The Labute approximate surface area is 208 Å². The van der Waals surface area contributed by atoms with Gasteiger partial charge in [0, 0.05) is 65.5 Å². The Kier molecular flexibility index (Phi) is 9.47. The molecule has 34 heavy (non-hydrogen) atoms. The summed E-state index contributed by atoms with van der Waals surface area (Å²) in [5.74, 6) is -5.82. The summed E-state index contributed by atoms with van der Waals surface area (Å²) in [6.07, 6.45) is -0.431. The minimum atomic E-state index is -5.03. The molecule has 0 amide bonds. The van der Waals surface area contributed by atoms with Gasteiger partial charge in [0.1, 0.15) is 0 Å². The number of alkyl halides is 3. The molecule has 1 aliphatic heterocycles. The maximum absolute atomic E-state index is 12.3. The van der Waals surface area contributed by atoms with E-state index in [0.29, 0.717) is 24.7 Å². The Morgan fingerprint density at radius 1 is 0.941 bits per heavy atom. The molecule has 0 radical (unpaired) electrons. The SMILES string of the molecule is C1CCOC1.COC1(OC)C(=O)/C(=C(\[O-])C(F)(F)F)[C@H]2C[C@H]21.COC1(OC)C(=O)C[C@H]2C[C@H]21.[Li+]. The molecule has 4 saturated carbocycles. The fourth-order valence-electron chi connectivity index (χ4n) is 5.10. The fourth-order valence-corrected chi connectivity index (χ4v) is 5.10. The Balaban J connectivity index is 0.000000205. The van der Waals surface area contributed by atoms with E-state index in [1.807, 2.05) is 0 Å². The van der Waals surface area contributed by atoms with Gasteiger partial charge in [-0.05, 0) is 43.3 Å². The maximum Gasteiger partial charge on any atom is 1.00 e. The number of methoxy groups -OCH3 is 4. The van der Waals surface area contributed by atoms with Gasteiger partial charge in [0.15, 0.2) is 5.78 Å². The van der Waals surface area contributed by atoms with Crippen LogP contribution in [-0.4, -0.2) is 71.0 Å². The van der Waals surface area contributed by atoms with Gasteiger partial charge in [0.05, 0.1) is 0 Å². The van der Waals surface area contributed by atoms with Gasteiger partial charge in [-0.1, -0.05) is 0 Å². The molecule has 0 aromatic heterocycles. The zero-order valence-corrected chi connectivity index (χ0v) is 20.2. The van der Waals surface area contributed by atoms with Crippen molar-refractivity contribution in [3.8, 4) is 0 Å². The second kappa shape index (κ2) is 11.0. The van der Waals surface area contributed by atoms with E-state index < -0.39 is 46.7 Å². The molecule has 1 saturated heterocycles. The number of rotatable bonds is 4. The minimum absolute atomic E-state index is 0. The molecule has 188 valence electrons. The topological polar surface area (TPSA) is 103 Å². The number of allylic oxidation sites excluding steroid dienone is 1. The van der Waals surface area contributed by atoms with Crippen molar-refractivity contribution in [2.45, 2.75) is 49.9 Å². The molecule has 0 N–H and O–H groups in total. The fraction of sp³-hybridized carbons (Fsp3) is 0.818. The smallest absolute Gasteiger partial charge is 0.869 e. The summed E-state index contributed by atoms with van der Waals surface area (Å²) in [5.41, 5.74) is -0.730. The van der Waals surface area contributed by atoms with Crippen molar-refractivity contribution in [2.75, 3.05) is 41.7 Å². The molecule has 4 aliphatic carbocycles. The first kappa shape index (κ1) is 29.3. The number of hydrogen-bond acceptors (Lipinski definition) is 8. The summed E-state index contributed by atoms with van der Waals surface area (Å²) >= 11 is 0. The number of hydrogen-bond donors (Lipinski definition) is 0. The average Bonchev–Trinajstić information content (AvgIpc) is 3.59. The molecule has 5 aliphatic rings. The van der Waals surface area contributed by atoms with E-state index in [1.165, 1.54) is 27.1 Å². The van der Waals surface area contributed by atoms with Gasteiger partial charge in [0.2, 0.25) is 17.4 Å². The van der Waals surface area contributed by atoms with Crippen molar-refractivity contribution < 1.29 is 70.4 Å². The summed E-state index contributed by atoms with van der Waals surface area (Å²) in [4.78, 5) is 23.2. The molecule has 4 atom stereocenters. The van der Waals surface area contributed by atoms with Gasteiger partial charge in [-0.25, -0.2) is 0 Å². The number of carbonyl (C=O) groups excluding carboxylic acids is 2. The van der Waals surface area contributed by atoms with E-state index in [-0.39, 0.29) is 24.6 Å². The van der Waals surface area contributed by atoms with Crippen LogP contribution in [0.2, 0.25) is 0 Å². The molecule has 1 heterocycles. The summed E-state index contributed by atoms with van der Waals surface area (Å²) in [6.45, 7) is 2.00. The molecule has 8 nitrogen and oxygen atoms in total. The predicted octanol–water partition coefficient (Wildman–Crippen LogP) is -1.24. The first-order valence-electron chi connectivity index (χ1n) is 10.9. The molecular formula is C22H30F3LiO8. The zero-order valence-electron chi connectivity index (χ0n) is 20.2. The third-order valence-corrected chi connectivity index (χ3v) is 7.00. The Bertz CT molecular complexity index is 780. The first-order valence-corrected chi connectivity index (χ1v) is 10.9.